The zero-order valence-corrected chi connectivity index (χ0v) is 18.3. The van der Waals surface area contributed by atoms with Crippen LogP contribution in [0.4, 0.5) is 21.9 Å². The number of nitrogens with one attached hydrogen (secondary N) is 3. The molecule has 1 heterocycles. The molecule has 0 aliphatic carbocycles. The number of anilines is 3. The fourth-order valence-electron chi connectivity index (χ4n) is 3.31. The number of piperazine rings is 1. The Bertz CT molecular complexity index is 960. The molecule has 2 aromatic rings. The lowest BCUT2D eigenvalue weighted by molar-refractivity contribution is -0.117. The molecule has 0 unspecified atom stereocenters. The third-order valence-corrected chi connectivity index (χ3v) is 5.16. The first-order chi connectivity index (χ1) is 14.8. The van der Waals surface area contributed by atoms with Gasteiger partial charge in [0.2, 0.25) is 11.8 Å². The molecule has 1 saturated heterocycles. The molecule has 4 amide bonds. The van der Waals surface area contributed by atoms with Crippen LogP contribution in [0.3, 0.4) is 0 Å². The molecule has 31 heavy (non-hydrogen) atoms. The zero-order valence-electron chi connectivity index (χ0n) is 17.5. The van der Waals surface area contributed by atoms with Gasteiger partial charge in [-0.25, -0.2) is 4.79 Å². The molecule has 1 atom stereocenters. The fraction of sp³-hybridized carbons (Fsp3) is 0.318. The van der Waals surface area contributed by atoms with Gasteiger partial charge < -0.3 is 25.8 Å². The molecule has 8 nitrogen and oxygen atoms in total. The third-order valence-electron chi connectivity index (χ3n) is 4.92. The van der Waals surface area contributed by atoms with Crippen LogP contribution in [-0.2, 0) is 9.59 Å². The predicted molar refractivity (Wildman–Crippen MR) is 123 cm³/mol. The molecule has 3 N–H and O–H groups in total. The van der Waals surface area contributed by atoms with Gasteiger partial charge in [0, 0.05) is 55.2 Å². The second kappa shape index (κ2) is 10.2. The number of amides is 4. The Morgan fingerprint density at radius 1 is 0.935 bits per heavy atom. The van der Waals surface area contributed by atoms with Gasteiger partial charge in [-0.05, 0) is 43.3 Å². The maximum atomic E-state index is 12.6. The van der Waals surface area contributed by atoms with Crippen molar-refractivity contribution in [2.75, 3.05) is 41.7 Å². The Balaban J connectivity index is 1.49. The lowest BCUT2D eigenvalue weighted by atomic mass is 10.2. The van der Waals surface area contributed by atoms with Crippen LogP contribution in [0.1, 0.15) is 13.8 Å². The zero-order chi connectivity index (χ0) is 22.4. The van der Waals surface area contributed by atoms with Crippen LogP contribution in [0.2, 0.25) is 5.02 Å². The highest BCUT2D eigenvalue weighted by Crippen LogP contribution is 2.21. The minimum atomic E-state index is -0.720. The summed E-state index contributed by atoms with van der Waals surface area (Å²) < 4.78 is 0. The lowest BCUT2D eigenvalue weighted by Gasteiger charge is -2.36. The van der Waals surface area contributed by atoms with E-state index in [0.29, 0.717) is 42.6 Å². The maximum absolute atomic E-state index is 12.6. The van der Waals surface area contributed by atoms with E-state index in [1.54, 1.807) is 36.1 Å². The first-order valence-electron chi connectivity index (χ1n) is 10.1. The highest BCUT2D eigenvalue weighted by molar-refractivity contribution is 6.30. The molecule has 1 fully saturated rings. The summed E-state index contributed by atoms with van der Waals surface area (Å²) in [7, 11) is 0. The molecule has 0 aromatic heterocycles. The monoisotopic (exact) mass is 443 g/mol. The minimum absolute atomic E-state index is 0.195. The molecule has 9 heteroatoms. The molecule has 0 spiro atoms. The summed E-state index contributed by atoms with van der Waals surface area (Å²) in [4.78, 5) is 40.1. The Hall–Kier alpha value is -3.26. The van der Waals surface area contributed by atoms with E-state index in [1.165, 1.54) is 6.92 Å². The number of carbonyl (C=O) groups is 3. The average Bonchev–Trinajstić information content (AvgIpc) is 2.73. The third kappa shape index (κ3) is 6.36. The Labute approximate surface area is 186 Å². The van der Waals surface area contributed by atoms with Crippen molar-refractivity contribution >= 4 is 46.5 Å². The van der Waals surface area contributed by atoms with Crippen LogP contribution in [0.15, 0.2) is 48.5 Å². The standard InChI is InChI=1S/C22H26ClN5O3/c1-15(21(30)26-19-7-4-6-18(14-19)25-16(2)29)24-22(31)28-11-9-27(10-12-28)20-8-3-5-17(23)13-20/h3-8,13-15H,9-12H2,1-2H3,(H,24,31)(H,25,29)(H,26,30)/t15-/m1/s1. The van der Waals surface area contributed by atoms with Gasteiger partial charge in [-0.1, -0.05) is 23.7 Å². The van der Waals surface area contributed by atoms with Gasteiger partial charge in [-0.3, -0.25) is 9.59 Å². The summed E-state index contributed by atoms with van der Waals surface area (Å²) in [5.74, 6) is -0.537. The summed E-state index contributed by atoms with van der Waals surface area (Å²) in [6.45, 7) is 5.51. The second-order valence-corrected chi connectivity index (χ2v) is 7.81. The van der Waals surface area contributed by atoms with Crippen molar-refractivity contribution in [3.8, 4) is 0 Å². The molecular weight excluding hydrogens is 418 g/mol. The van der Waals surface area contributed by atoms with Gasteiger partial charge >= 0.3 is 6.03 Å². The summed E-state index contributed by atoms with van der Waals surface area (Å²) in [5.41, 5.74) is 2.15. The van der Waals surface area contributed by atoms with Crippen LogP contribution in [0.25, 0.3) is 0 Å². The van der Waals surface area contributed by atoms with E-state index in [0.717, 1.165) is 5.69 Å². The van der Waals surface area contributed by atoms with Crippen LogP contribution in [0.5, 0.6) is 0 Å². The van der Waals surface area contributed by atoms with E-state index in [4.69, 9.17) is 11.6 Å². The molecular formula is C22H26ClN5O3. The van der Waals surface area contributed by atoms with E-state index < -0.39 is 6.04 Å². The lowest BCUT2D eigenvalue weighted by Crippen LogP contribution is -2.54. The molecule has 0 bridgehead atoms. The van der Waals surface area contributed by atoms with Gasteiger partial charge in [0.05, 0.1) is 0 Å². The normalized spacial score (nSPS) is 14.5. The highest BCUT2D eigenvalue weighted by atomic mass is 35.5. The predicted octanol–water partition coefficient (Wildman–Crippen LogP) is 3.16. The van der Waals surface area contributed by atoms with Gasteiger partial charge in [0.25, 0.3) is 0 Å². The quantitative estimate of drug-likeness (QED) is 0.661. The molecule has 164 valence electrons. The highest BCUT2D eigenvalue weighted by Gasteiger charge is 2.24. The van der Waals surface area contributed by atoms with Crippen molar-refractivity contribution in [2.24, 2.45) is 0 Å². The van der Waals surface area contributed by atoms with Crippen molar-refractivity contribution in [1.29, 1.82) is 0 Å². The van der Waals surface area contributed by atoms with Crippen molar-refractivity contribution in [3.05, 3.63) is 53.6 Å². The molecule has 1 aliphatic rings. The SMILES string of the molecule is CC(=O)Nc1cccc(NC(=O)[C@@H](C)NC(=O)N2CCN(c3cccc(Cl)c3)CC2)c1. The van der Waals surface area contributed by atoms with Gasteiger partial charge in [0.15, 0.2) is 0 Å². The summed E-state index contributed by atoms with van der Waals surface area (Å²) in [6, 6.07) is 13.5. The van der Waals surface area contributed by atoms with Gasteiger partial charge in [0.1, 0.15) is 6.04 Å². The summed E-state index contributed by atoms with van der Waals surface area (Å²) in [6.07, 6.45) is 0. The van der Waals surface area contributed by atoms with Crippen molar-refractivity contribution in [3.63, 3.8) is 0 Å². The van der Waals surface area contributed by atoms with E-state index >= 15 is 0 Å². The molecule has 3 rings (SSSR count). The van der Waals surface area contributed by atoms with E-state index in [-0.39, 0.29) is 17.8 Å². The topological polar surface area (TPSA) is 93.8 Å². The summed E-state index contributed by atoms with van der Waals surface area (Å²) >= 11 is 6.06. The Morgan fingerprint density at radius 3 is 2.23 bits per heavy atom. The Kier molecular flexibility index (Phi) is 7.36. The second-order valence-electron chi connectivity index (χ2n) is 7.38. The van der Waals surface area contributed by atoms with Crippen LogP contribution in [0, 0.1) is 0 Å². The maximum Gasteiger partial charge on any atom is 0.318 e. The van der Waals surface area contributed by atoms with E-state index in [2.05, 4.69) is 20.9 Å². The van der Waals surface area contributed by atoms with Crippen LogP contribution >= 0.6 is 11.6 Å². The van der Waals surface area contributed by atoms with Crippen LogP contribution in [-0.4, -0.2) is 55.0 Å². The largest absolute Gasteiger partial charge is 0.368 e. The molecule has 0 radical (unpaired) electrons. The number of urea groups is 1. The number of halogens is 1. The smallest absolute Gasteiger partial charge is 0.318 e. The first kappa shape index (κ1) is 22.4. The molecule has 2 aromatic carbocycles. The number of benzene rings is 2. The van der Waals surface area contributed by atoms with Crippen molar-refractivity contribution in [1.82, 2.24) is 10.2 Å². The van der Waals surface area contributed by atoms with Crippen molar-refractivity contribution in [2.45, 2.75) is 19.9 Å². The minimum Gasteiger partial charge on any atom is -0.368 e. The number of carbonyl (C=O) groups excluding carboxylic acids is 3. The first-order valence-corrected chi connectivity index (χ1v) is 10.4. The van der Waals surface area contributed by atoms with Gasteiger partial charge in [-0.2, -0.15) is 0 Å². The van der Waals surface area contributed by atoms with Crippen LogP contribution < -0.4 is 20.9 Å². The fourth-order valence-corrected chi connectivity index (χ4v) is 3.50. The summed E-state index contributed by atoms with van der Waals surface area (Å²) in [5, 5.41) is 8.84. The van der Waals surface area contributed by atoms with E-state index in [9.17, 15) is 14.4 Å². The van der Waals surface area contributed by atoms with Gasteiger partial charge in [-0.15, -0.1) is 0 Å². The Morgan fingerprint density at radius 2 is 1.58 bits per heavy atom. The number of nitrogens with zero attached hydrogens (tertiary/aromatic N) is 2. The number of rotatable bonds is 5. The molecule has 1 aliphatic heterocycles. The number of hydrogen-bond donors (Lipinski definition) is 3. The number of hydrogen-bond acceptors (Lipinski definition) is 4. The molecule has 0 saturated carbocycles. The van der Waals surface area contributed by atoms with E-state index in [1.807, 2.05) is 24.3 Å². The van der Waals surface area contributed by atoms with Crippen molar-refractivity contribution < 1.29 is 14.4 Å². The average molecular weight is 444 g/mol.